The van der Waals surface area contributed by atoms with Crippen LogP contribution < -0.4 is 11.1 Å². The molecular weight excluding hydrogens is 284 g/mol. The number of rotatable bonds is 4. The number of carbonyl (C=O) groups excluding carboxylic acids is 1. The molecule has 0 saturated carbocycles. The van der Waals surface area contributed by atoms with E-state index in [1.54, 1.807) is 6.20 Å². The van der Waals surface area contributed by atoms with Gasteiger partial charge in [-0.3, -0.25) is 9.69 Å². The fraction of sp³-hybridized carbons (Fsp3) is 0.667. The molecule has 2 rings (SSSR count). The van der Waals surface area contributed by atoms with E-state index >= 15 is 0 Å². The van der Waals surface area contributed by atoms with Gasteiger partial charge in [0.15, 0.2) is 5.13 Å². The summed E-state index contributed by atoms with van der Waals surface area (Å²) in [6, 6.07) is -0.0259. The van der Waals surface area contributed by atoms with Crippen molar-refractivity contribution in [2.24, 2.45) is 5.92 Å². The minimum atomic E-state index is -0.0259. The zero-order chi connectivity index (χ0) is 13.1. The van der Waals surface area contributed by atoms with Crippen molar-refractivity contribution in [2.75, 3.05) is 18.8 Å². The van der Waals surface area contributed by atoms with E-state index < -0.39 is 0 Å². The first-order chi connectivity index (χ1) is 8.56. The number of carbonyl (C=O) groups is 1. The SMILES string of the molecule is CC(C)CC1C(=O)NCCN1Cc1cnc(N)s1.Cl. The van der Waals surface area contributed by atoms with Gasteiger partial charge in [0.05, 0.1) is 6.04 Å². The van der Waals surface area contributed by atoms with Crippen LogP contribution in [0.2, 0.25) is 0 Å². The minimum absolute atomic E-state index is 0. The molecule has 108 valence electrons. The number of piperazine rings is 1. The number of halogens is 1. The third-order valence-electron chi connectivity index (χ3n) is 3.07. The van der Waals surface area contributed by atoms with Gasteiger partial charge in [0.1, 0.15) is 0 Å². The molecule has 0 bridgehead atoms. The highest BCUT2D eigenvalue weighted by Gasteiger charge is 2.30. The molecule has 1 aromatic heterocycles. The zero-order valence-corrected chi connectivity index (χ0v) is 12.9. The molecule has 0 spiro atoms. The largest absolute Gasteiger partial charge is 0.375 e. The van der Waals surface area contributed by atoms with E-state index in [2.05, 4.69) is 29.0 Å². The third kappa shape index (κ3) is 4.33. The van der Waals surface area contributed by atoms with Crippen LogP contribution in [0.1, 0.15) is 25.1 Å². The van der Waals surface area contributed by atoms with Crippen molar-refractivity contribution in [3.63, 3.8) is 0 Å². The van der Waals surface area contributed by atoms with Crippen LogP contribution in [0.25, 0.3) is 0 Å². The third-order valence-corrected chi connectivity index (χ3v) is 3.88. The molecule has 0 aliphatic carbocycles. The lowest BCUT2D eigenvalue weighted by Gasteiger charge is -2.35. The Balaban J connectivity index is 0.00000180. The normalized spacial score (nSPS) is 20.2. The molecular formula is C12H21ClN4OS. The predicted octanol–water partition coefficient (Wildman–Crippen LogP) is 1.49. The van der Waals surface area contributed by atoms with E-state index in [-0.39, 0.29) is 24.4 Å². The quantitative estimate of drug-likeness (QED) is 0.884. The lowest BCUT2D eigenvalue weighted by molar-refractivity contribution is -0.129. The van der Waals surface area contributed by atoms with Crippen molar-refractivity contribution in [3.8, 4) is 0 Å². The molecule has 1 aliphatic rings. The van der Waals surface area contributed by atoms with Crippen molar-refractivity contribution >= 4 is 34.8 Å². The lowest BCUT2D eigenvalue weighted by atomic mass is 10.00. The molecule has 2 heterocycles. The summed E-state index contributed by atoms with van der Waals surface area (Å²) in [6.45, 7) is 6.66. The van der Waals surface area contributed by atoms with Gasteiger partial charge >= 0.3 is 0 Å². The molecule has 1 aliphatic heterocycles. The second kappa shape index (κ2) is 7.07. The van der Waals surface area contributed by atoms with Gasteiger partial charge in [-0.15, -0.1) is 23.7 Å². The maximum absolute atomic E-state index is 11.9. The van der Waals surface area contributed by atoms with Crippen LogP contribution in [0.4, 0.5) is 5.13 Å². The van der Waals surface area contributed by atoms with Crippen LogP contribution in [0, 0.1) is 5.92 Å². The maximum Gasteiger partial charge on any atom is 0.237 e. The Morgan fingerprint density at radius 3 is 2.95 bits per heavy atom. The van der Waals surface area contributed by atoms with E-state index in [9.17, 15) is 4.79 Å². The standard InChI is InChI=1S/C12H20N4OS.ClH/c1-8(2)5-10-11(17)14-3-4-16(10)7-9-6-15-12(13)18-9;/h6,8,10H,3-5,7H2,1-2H3,(H2,13,15)(H,14,17);1H. The van der Waals surface area contributed by atoms with Crippen molar-refractivity contribution in [1.29, 1.82) is 0 Å². The van der Waals surface area contributed by atoms with Crippen LogP contribution in [0.15, 0.2) is 6.20 Å². The smallest absolute Gasteiger partial charge is 0.237 e. The van der Waals surface area contributed by atoms with E-state index in [1.165, 1.54) is 11.3 Å². The van der Waals surface area contributed by atoms with Gasteiger partial charge < -0.3 is 11.1 Å². The van der Waals surface area contributed by atoms with Crippen molar-refractivity contribution < 1.29 is 4.79 Å². The molecule has 1 atom stereocenters. The average molecular weight is 305 g/mol. The number of nitrogens with one attached hydrogen (secondary N) is 1. The van der Waals surface area contributed by atoms with Gasteiger partial charge in [-0.2, -0.15) is 0 Å². The number of nitrogen functional groups attached to an aromatic ring is 1. The van der Waals surface area contributed by atoms with Crippen LogP contribution in [-0.2, 0) is 11.3 Å². The zero-order valence-electron chi connectivity index (χ0n) is 11.3. The molecule has 5 nitrogen and oxygen atoms in total. The lowest BCUT2D eigenvalue weighted by Crippen LogP contribution is -2.55. The predicted molar refractivity (Wildman–Crippen MR) is 80.4 cm³/mol. The number of hydrogen-bond donors (Lipinski definition) is 2. The molecule has 1 aromatic rings. The molecule has 1 fully saturated rings. The van der Waals surface area contributed by atoms with Crippen LogP contribution in [0.5, 0.6) is 0 Å². The van der Waals surface area contributed by atoms with Crippen LogP contribution in [-0.4, -0.2) is 34.9 Å². The first-order valence-corrected chi connectivity index (χ1v) is 7.10. The minimum Gasteiger partial charge on any atom is -0.375 e. The number of nitrogens with two attached hydrogens (primary N) is 1. The molecule has 0 radical (unpaired) electrons. The van der Waals surface area contributed by atoms with E-state index in [0.717, 1.165) is 30.9 Å². The summed E-state index contributed by atoms with van der Waals surface area (Å²) in [5.41, 5.74) is 5.64. The topological polar surface area (TPSA) is 71.2 Å². The second-order valence-corrected chi connectivity index (χ2v) is 6.22. The molecule has 1 saturated heterocycles. The number of thiazole rings is 1. The number of nitrogens with zero attached hydrogens (tertiary/aromatic N) is 2. The molecule has 1 unspecified atom stereocenters. The summed E-state index contributed by atoms with van der Waals surface area (Å²) in [5.74, 6) is 0.653. The molecule has 19 heavy (non-hydrogen) atoms. The summed E-state index contributed by atoms with van der Waals surface area (Å²) < 4.78 is 0. The average Bonchev–Trinajstić information content (AvgIpc) is 2.69. The second-order valence-electron chi connectivity index (χ2n) is 5.07. The fourth-order valence-corrected chi connectivity index (χ4v) is 2.96. The van der Waals surface area contributed by atoms with Gasteiger partial charge in [0, 0.05) is 30.7 Å². The highest BCUT2D eigenvalue weighted by molar-refractivity contribution is 7.15. The highest BCUT2D eigenvalue weighted by atomic mass is 35.5. The van der Waals surface area contributed by atoms with E-state index in [0.29, 0.717) is 11.0 Å². The van der Waals surface area contributed by atoms with E-state index in [1.807, 2.05) is 0 Å². The molecule has 7 heteroatoms. The Morgan fingerprint density at radius 2 is 2.37 bits per heavy atom. The van der Waals surface area contributed by atoms with Crippen LogP contribution in [0.3, 0.4) is 0 Å². The number of hydrogen-bond acceptors (Lipinski definition) is 5. The first-order valence-electron chi connectivity index (χ1n) is 6.28. The number of anilines is 1. The summed E-state index contributed by atoms with van der Waals surface area (Å²) in [5, 5.41) is 3.53. The van der Waals surface area contributed by atoms with Crippen molar-refractivity contribution in [2.45, 2.75) is 32.9 Å². The van der Waals surface area contributed by atoms with Gasteiger partial charge in [-0.25, -0.2) is 4.98 Å². The number of aromatic nitrogens is 1. The van der Waals surface area contributed by atoms with Gasteiger partial charge in [-0.05, 0) is 12.3 Å². The summed E-state index contributed by atoms with van der Waals surface area (Å²) in [6.07, 6.45) is 2.69. The fourth-order valence-electron chi connectivity index (χ4n) is 2.25. The van der Waals surface area contributed by atoms with Gasteiger partial charge in [0.25, 0.3) is 0 Å². The summed E-state index contributed by atoms with van der Waals surface area (Å²) in [4.78, 5) is 19.4. The summed E-state index contributed by atoms with van der Waals surface area (Å²) in [7, 11) is 0. The Bertz CT molecular complexity index is 424. The van der Waals surface area contributed by atoms with Crippen molar-refractivity contribution in [3.05, 3.63) is 11.1 Å². The van der Waals surface area contributed by atoms with Crippen molar-refractivity contribution in [1.82, 2.24) is 15.2 Å². The first kappa shape index (κ1) is 16.2. The highest BCUT2D eigenvalue weighted by Crippen LogP contribution is 2.21. The van der Waals surface area contributed by atoms with Gasteiger partial charge in [-0.1, -0.05) is 13.8 Å². The molecule has 0 aromatic carbocycles. The Kier molecular flexibility index (Phi) is 6.03. The summed E-state index contributed by atoms with van der Waals surface area (Å²) >= 11 is 1.50. The Morgan fingerprint density at radius 1 is 1.63 bits per heavy atom. The van der Waals surface area contributed by atoms with Crippen LogP contribution >= 0.6 is 23.7 Å². The monoisotopic (exact) mass is 304 g/mol. The molecule has 3 N–H and O–H groups in total. The number of amides is 1. The van der Waals surface area contributed by atoms with Gasteiger partial charge in [0.2, 0.25) is 5.91 Å². The molecule has 1 amide bonds. The van der Waals surface area contributed by atoms with E-state index in [4.69, 9.17) is 5.73 Å². The Hall–Kier alpha value is -0.850. The Labute approximate surface area is 124 Å². The maximum atomic E-state index is 11.9.